The number of benzene rings is 1. The lowest BCUT2D eigenvalue weighted by Gasteiger charge is -2.32. The molecule has 37 heavy (non-hydrogen) atoms. The maximum Gasteiger partial charge on any atom is 0.305 e. The highest BCUT2D eigenvalue weighted by Crippen LogP contribution is 2.60. The first-order valence-corrected chi connectivity index (χ1v) is 14.9. The Morgan fingerprint density at radius 1 is 1.24 bits per heavy atom. The van der Waals surface area contributed by atoms with Crippen molar-refractivity contribution in [3.63, 3.8) is 0 Å². The van der Waals surface area contributed by atoms with Crippen LogP contribution in [0.25, 0.3) is 0 Å². The first-order chi connectivity index (χ1) is 17.8. The standard InChI is InChI=1S/C27H36ClNO7S/c1-34-25(31)7-3-2-6-19-9-14-23-22(17-30)24(36-26-8-4-5-15-35-26)16-27(19,23)18-29-37(32,33)21-12-10-20(28)11-13-21/h6,10-13,17,22-24,26,29H,2-5,7-9,14-16,18H2,1H3/t22-,23-,24-,26?,27+/m1/s1. The van der Waals surface area contributed by atoms with Crippen LogP contribution in [0.5, 0.6) is 0 Å². The van der Waals surface area contributed by atoms with Gasteiger partial charge in [0.25, 0.3) is 0 Å². The van der Waals surface area contributed by atoms with Gasteiger partial charge in [-0.3, -0.25) is 4.79 Å². The molecule has 1 unspecified atom stereocenters. The monoisotopic (exact) mass is 553 g/mol. The van der Waals surface area contributed by atoms with Crippen LogP contribution in [0.3, 0.4) is 0 Å². The number of methoxy groups -OCH3 is 1. The van der Waals surface area contributed by atoms with Crippen molar-refractivity contribution in [3.8, 4) is 0 Å². The van der Waals surface area contributed by atoms with Crippen LogP contribution < -0.4 is 4.72 Å². The molecular weight excluding hydrogens is 518 g/mol. The molecule has 8 nitrogen and oxygen atoms in total. The third-order valence-corrected chi connectivity index (χ3v) is 9.73. The van der Waals surface area contributed by atoms with Gasteiger partial charge in [-0.05, 0) is 81.5 Å². The smallest absolute Gasteiger partial charge is 0.305 e. The second kappa shape index (κ2) is 12.4. The van der Waals surface area contributed by atoms with Gasteiger partial charge in [0, 0.05) is 35.9 Å². The minimum atomic E-state index is -3.79. The number of rotatable bonds is 11. The van der Waals surface area contributed by atoms with E-state index in [9.17, 15) is 18.0 Å². The normalized spacial score (nSPS) is 30.8. The Balaban J connectivity index is 1.57. The summed E-state index contributed by atoms with van der Waals surface area (Å²) in [4.78, 5) is 24.0. The Morgan fingerprint density at radius 3 is 2.70 bits per heavy atom. The fourth-order valence-electron chi connectivity index (χ4n) is 6.17. The van der Waals surface area contributed by atoms with Crippen molar-refractivity contribution in [3.05, 3.63) is 40.9 Å². The van der Waals surface area contributed by atoms with Crippen LogP contribution in [0, 0.1) is 17.3 Å². The summed E-state index contributed by atoms with van der Waals surface area (Å²) in [6, 6.07) is 6.05. The third kappa shape index (κ3) is 6.45. The number of nitrogens with one attached hydrogen (secondary N) is 1. The van der Waals surface area contributed by atoms with Gasteiger partial charge in [-0.25, -0.2) is 13.1 Å². The second-order valence-corrected chi connectivity index (χ2v) is 12.4. The minimum Gasteiger partial charge on any atom is -0.469 e. The van der Waals surface area contributed by atoms with E-state index in [-0.39, 0.29) is 41.6 Å². The molecule has 10 heteroatoms. The Labute approximate surface area is 224 Å². The average molecular weight is 554 g/mol. The number of allylic oxidation sites excluding steroid dienone is 1. The lowest BCUT2D eigenvalue weighted by atomic mass is 9.75. The highest BCUT2D eigenvalue weighted by atomic mass is 35.5. The Kier molecular flexibility index (Phi) is 9.45. The molecule has 1 aliphatic heterocycles. The van der Waals surface area contributed by atoms with Gasteiger partial charge >= 0.3 is 5.97 Å². The van der Waals surface area contributed by atoms with Crippen molar-refractivity contribution in [2.75, 3.05) is 20.3 Å². The molecule has 1 heterocycles. The fraction of sp³-hybridized carbons (Fsp3) is 0.630. The number of esters is 1. The van der Waals surface area contributed by atoms with E-state index >= 15 is 0 Å². The summed E-state index contributed by atoms with van der Waals surface area (Å²) in [7, 11) is -2.42. The highest BCUT2D eigenvalue weighted by Gasteiger charge is 2.58. The second-order valence-electron chi connectivity index (χ2n) is 10.2. The number of halogens is 1. The van der Waals surface area contributed by atoms with Crippen molar-refractivity contribution in [2.24, 2.45) is 17.3 Å². The van der Waals surface area contributed by atoms with E-state index in [2.05, 4.69) is 10.8 Å². The number of aldehydes is 1. The number of fused-ring (bicyclic) bond motifs is 1. The van der Waals surface area contributed by atoms with E-state index in [0.717, 1.165) is 44.0 Å². The zero-order valence-corrected chi connectivity index (χ0v) is 22.8. The van der Waals surface area contributed by atoms with Gasteiger partial charge < -0.3 is 19.0 Å². The summed E-state index contributed by atoms with van der Waals surface area (Å²) < 4.78 is 46.0. The predicted molar refractivity (Wildman–Crippen MR) is 138 cm³/mol. The van der Waals surface area contributed by atoms with E-state index in [0.29, 0.717) is 37.3 Å². The molecule has 1 N–H and O–H groups in total. The van der Waals surface area contributed by atoms with E-state index in [1.807, 2.05) is 0 Å². The number of hydrogen-bond donors (Lipinski definition) is 1. The molecule has 2 saturated carbocycles. The van der Waals surface area contributed by atoms with Gasteiger partial charge in [-0.2, -0.15) is 0 Å². The van der Waals surface area contributed by atoms with Crippen molar-refractivity contribution in [1.82, 2.24) is 4.72 Å². The quantitative estimate of drug-likeness (QED) is 0.187. The largest absolute Gasteiger partial charge is 0.469 e. The van der Waals surface area contributed by atoms with E-state index in [1.165, 1.54) is 19.2 Å². The molecule has 5 atom stereocenters. The van der Waals surface area contributed by atoms with Crippen molar-refractivity contribution in [1.29, 1.82) is 0 Å². The summed E-state index contributed by atoms with van der Waals surface area (Å²) in [5, 5.41) is 0.458. The van der Waals surface area contributed by atoms with Gasteiger partial charge in [0.1, 0.15) is 6.29 Å². The minimum absolute atomic E-state index is 0.0432. The van der Waals surface area contributed by atoms with E-state index in [1.54, 1.807) is 12.1 Å². The topological polar surface area (TPSA) is 108 Å². The Hall–Kier alpha value is -1.78. The van der Waals surface area contributed by atoms with Gasteiger partial charge in [0.15, 0.2) is 6.29 Å². The molecule has 2 aliphatic carbocycles. The third-order valence-electron chi connectivity index (χ3n) is 8.06. The zero-order chi connectivity index (χ0) is 26.5. The van der Waals surface area contributed by atoms with Crippen LogP contribution in [-0.2, 0) is 33.8 Å². The predicted octanol–water partition coefficient (Wildman–Crippen LogP) is 4.42. The van der Waals surface area contributed by atoms with Crippen LogP contribution in [0.4, 0.5) is 0 Å². The lowest BCUT2D eigenvalue weighted by molar-refractivity contribution is -0.195. The SMILES string of the molecule is COC(=O)CCCC=C1CC[C@@H]2[C@@H](C=O)[C@H](OC3CCCCO3)C[C@]12CNS(=O)(=O)c1ccc(Cl)cc1. The Bertz CT molecular complexity index is 1080. The van der Waals surface area contributed by atoms with Crippen LogP contribution in [0.2, 0.25) is 5.02 Å². The van der Waals surface area contributed by atoms with Crippen LogP contribution >= 0.6 is 11.6 Å². The van der Waals surface area contributed by atoms with Crippen molar-refractivity contribution >= 4 is 33.9 Å². The molecule has 204 valence electrons. The summed E-state index contributed by atoms with van der Waals surface area (Å²) in [5.74, 6) is -0.638. The molecule has 1 saturated heterocycles. The van der Waals surface area contributed by atoms with Gasteiger partial charge in [-0.15, -0.1) is 0 Å². The van der Waals surface area contributed by atoms with Crippen LogP contribution in [-0.4, -0.2) is 53.3 Å². The fourth-order valence-corrected chi connectivity index (χ4v) is 7.41. The molecule has 1 aromatic carbocycles. The van der Waals surface area contributed by atoms with Gasteiger partial charge in [-0.1, -0.05) is 23.3 Å². The molecule has 1 aromatic rings. The number of ether oxygens (including phenoxy) is 3. The summed E-state index contributed by atoms with van der Waals surface area (Å²) in [6.45, 7) is 0.811. The highest BCUT2D eigenvalue weighted by molar-refractivity contribution is 7.89. The molecule has 4 rings (SSSR count). The molecule has 3 aliphatic rings. The van der Waals surface area contributed by atoms with E-state index in [4.69, 9.17) is 25.8 Å². The first kappa shape index (κ1) is 28.2. The first-order valence-electron chi connectivity index (χ1n) is 13.0. The number of carbonyl (C=O) groups excluding carboxylic acids is 2. The molecule has 0 spiro atoms. The number of unbranched alkanes of at least 4 members (excludes halogenated alkanes) is 1. The van der Waals surface area contributed by atoms with Gasteiger partial charge in [0.05, 0.1) is 18.1 Å². The zero-order valence-electron chi connectivity index (χ0n) is 21.2. The molecule has 0 aromatic heterocycles. The van der Waals surface area contributed by atoms with Crippen molar-refractivity contribution < 1.29 is 32.2 Å². The molecular formula is C27H36ClNO7S. The Morgan fingerprint density at radius 2 is 2.03 bits per heavy atom. The number of carbonyl (C=O) groups is 2. The summed E-state index contributed by atoms with van der Waals surface area (Å²) in [5.41, 5.74) is 0.582. The lowest BCUT2D eigenvalue weighted by Crippen LogP contribution is -2.39. The summed E-state index contributed by atoms with van der Waals surface area (Å²) >= 11 is 5.94. The number of sulfonamides is 1. The number of hydrogen-bond acceptors (Lipinski definition) is 7. The van der Waals surface area contributed by atoms with Gasteiger partial charge in [0.2, 0.25) is 10.0 Å². The summed E-state index contributed by atoms with van der Waals surface area (Å²) in [6.07, 6.45) is 8.96. The maximum atomic E-state index is 13.2. The maximum absolute atomic E-state index is 13.2. The molecule has 0 bridgehead atoms. The van der Waals surface area contributed by atoms with Crippen molar-refractivity contribution in [2.45, 2.75) is 75.1 Å². The van der Waals surface area contributed by atoms with E-state index < -0.39 is 15.4 Å². The molecule has 0 amide bonds. The molecule has 3 fully saturated rings. The molecule has 0 radical (unpaired) electrons. The van der Waals surface area contributed by atoms with Crippen LogP contribution in [0.15, 0.2) is 40.8 Å². The average Bonchev–Trinajstić information content (AvgIpc) is 3.39. The van der Waals surface area contributed by atoms with Crippen LogP contribution in [0.1, 0.15) is 57.8 Å².